The highest BCUT2D eigenvalue weighted by Gasteiger charge is 2.40. The van der Waals surface area contributed by atoms with Crippen molar-refractivity contribution in [2.24, 2.45) is 0 Å². The molecule has 0 saturated heterocycles. The van der Waals surface area contributed by atoms with Gasteiger partial charge in [0.05, 0.1) is 11.1 Å². The van der Waals surface area contributed by atoms with E-state index < -0.39 is 0 Å². The number of para-hydroxylation sites is 1. The lowest BCUT2D eigenvalue weighted by molar-refractivity contribution is 0.0548. The van der Waals surface area contributed by atoms with Gasteiger partial charge in [-0.1, -0.05) is 31.4 Å². The van der Waals surface area contributed by atoms with Gasteiger partial charge in [0.1, 0.15) is 13.2 Å². The fourth-order valence-corrected chi connectivity index (χ4v) is 5.04. The molecule has 172 valence electrons. The molecule has 0 spiro atoms. The number of rotatable bonds is 5. The standard InChI is InChI=1S/C26H28N2O5/c1-2-27(16-18-7-6-10-22-23(18)33-14-13-32-22)24(29)17-11-12-20-21(15-17)26(31)28(25(20)30)19-8-4-3-5-9-19/h6-7,10-12,15,19H,2-5,8-9,13-14,16H2,1H3. The van der Waals surface area contributed by atoms with Crippen molar-refractivity contribution in [3.05, 3.63) is 58.7 Å². The van der Waals surface area contributed by atoms with Crippen LogP contribution in [0.3, 0.4) is 0 Å². The van der Waals surface area contributed by atoms with E-state index in [-0.39, 0.29) is 23.8 Å². The Morgan fingerprint density at radius 3 is 2.55 bits per heavy atom. The van der Waals surface area contributed by atoms with Crippen LogP contribution < -0.4 is 9.47 Å². The summed E-state index contributed by atoms with van der Waals surface area (Å²) in [6, 6.07) is 10.5. The van der Waals surface area contributed by atoms with Gasteiger partial charge in [-0.15, -0.1) is 0 Å². The molecule has 0 unspecified atom stereocenters. The molecule has 2 heterocycles. The highest BCUT2D eigenvalue weighted by atomic mass is 16.6. The monoisotopic (exact) mass is 448 g/mol. The second kappa shape index (κ2) is 8.89. The van der Waals surface area contributed by atoms with Gasteiger partial charge in [-0.3, -0.25) is 19.3 Å². The lowest BCUT2D eigenvalue weighted by Gasteiger charge is -2.29. The number of benzene rings is 2. The van der Waals surface area contributed by atoms with E-state index in [1.54, 1.807) is 23.1 Å². The third-order valence-electron chi connectivity index (χ3n) is 6.78. The molecule has 5 rings (SSSR count). The highest BCUT2D eigenvalue weighted by Crippen LogP contribution is 2.35. The molecule has 0 radical (unpaired) electrons. The molecular weight excluding hydrogens is 420 g/mol. The van der Waals surface area contributed by atoms with Gasteiger partial charge in [0.25, 0.3) is 17.7 Å². The van der Waals surface area contributed by atoms with Crippen LogP contribution in [-0.4, -0.2) is 53.3 Å². The molecule has 7 heteroatoms. The number of hydrogen-bond acceptors (Lipinski definition) is 5. The Labute approximate surface area is 193 Å². The van der Waals surface area contributed by atoms with Gasteiger partial charge in [-0.05, 0) is 44.0 Å². The third kappa shape index (κ3) is 3.86. The van der Waals surface area contributed by atoms with E-state index in [0.717, 1.165) is 37.7 Å². The minimum absolute atomic E-state index is 0.0380. The molecule has 2 aromatic rings. The van der Waals surface area contributed by atoms with Gasteiger partial charge < -0.3 is 14.4 Å². The van der Waals surface area contributed by atoms with Crippen LogP contribution in [0.2, 0.25) is 0 Å². The first-order valence-electron chi connectivity index (χ1n) is 11.8. The molecule has 1 fully saturated rings. The molecule has 2 aromatic carbocycles. The number of fused-ring (bicyclic) bond motifs is 2. The van der Waals surface area contributed by atoms with E-state index in [2.05, 4.69) is 0 Å². The van der Waals surface area contributed by atoms with E-state index in [1.807, 2.05) is 25.1 Å². The quantitative estimate of drug-likeness (QED) is 0.645. The Kier molecular flexibility index (Phi) is 5.79. The number of nitrogens with zero attached hydrogens (tertiary/aromatic N) is 2. The lowest BCUT2D eigenvalue weighted by Crippen LogP contribution is -2.40. The summed E-state index contributed by atoms with van der Waals surface area (Å²) in [5, 5.41) is 0. The zero-order valence-electron chi connectivity index (χ0n) is 18.8. The SMILES string of the molecule is CCN(Cc1cccc2c1OCCO2)C(=O)c1ccc2c(c1)C(=O)N(C1CCCCC1)C2=O. The minimum atomic E-state index is -0.276. The number of amides is 3. The predicted molar refractivity (Wildman–Crippen MR) is 122 cm³/mol. The van der Waals surface area contributed by atoms with Crippen molar-refractivity contribution in [2.75, 3.05) is 19.8 Å². The van der Waals surface area contributed by atoms with Crippen molar-refractivity contribution in [1.29, 1.82) is 0 Å². The third-order valence-corrected chi connectivity index (χ3v) is 6.78. The normalized spacial score (nSPS) is 17.8. The molecule has 0 aromatic heterocycles. The van der Waals surface area contributed by atoms with Crippen LogP contribution in [-0.2, 0) is 6.54 Å². The van der Waals surface area contributed by atoms with E-state index in [0.29, 0.717) is 54.5 Å². The topological polar surface area (TPSA) is 76.2 Å². The first kappa shape index (κ1) is 21.5. The van der Waals surface area contributed by atoms with Crippen molar-refractivity contribution in [3.8, 4) is 11.5 Å². The van der Waals surface area contributed by atoms with Crippen molar-refractivity contribution in [3.63, 3.8) is 0 Å². The van der Waals surface area contributed by atoms with Crippen LogP contribution in [0.25, 0.3) is 0 Å². The maximum Gasteiger partial charge on any atom is 0.261 e. The molecule has 0 atom stereocenters. The van der Waals surface area contributed by atoms with E-state index in [4.69, 9.17) is 9.47 Å². The molecule has 1 saturated carbocycles. The molecular formula is C26H28N2O5. The van der Waals surface area contributed by atoms with Gasteiger partial charge in [-0.2, -0.15) is 0 Å². The second-order valence-electron chi connectivity index (χ2n) is 8.79. The average Bonchev–Trinajstić information content (AvgIpc) is 3.11. The maximum atomic E-state index is 13.4. The predicted octanol–water partition coefficient (Wildman–Crippen LogP) is 4.05. The van der Waals surface area contributed by atoms with Crippen LogP contribution in [0.15, 0.2) is 36.4 Å². The first-order valence-corrected chi connectivity index (χ1v) is 11.8. The highest BCUT2D eigenvalue weighted by molar-refractivity contribution is 6.22. The van der Waals surface area contributed by atoms with Gasteiger partial charge in [-0.25, -0.2) is 0 Å². The summed E-state index contributed by atoms with van der Waals surface area (Å²) in [6.45, 7) is 3.74. The maximum absolute atomic E-state index is 13.4. The van der Waals surface area contributed by atoms with Crippen molar-refractivity contribution in [2.45, 2.75) is 51.6 Å². The lowest BCUT2D eigenvalue weighted by atomic mass is 9.94. The molecule has 1 aliphatic carbocycles. The molecule has 0 bridgehead atoms. The van der Waals surface area contributed by atoms with Gasteiger partial charge in [0.2, 0.25) is 0 Å². The Hall–Kier alpha value is -3.35. The summed E-state index contributed by atoms with van der Waals surface area (Å²) < 4.78 is 11.4. The molecule has 33 heavy (non-hydrogen) atoms. The average molecular weight is 449 g/mol. The summed E-state index contributed by atoms with van der Waals surface area (Å²) in [6.07, 6.45) is 4.92. The first-order chi connectivity index (χ1) is 16.1. The van der Waals surface area contributed by atoms with Crippen LogP contribution in [0.1, 0.15) is 75.7 Å². The summed E-state index contributed by atoms with van der Waals surface area (Å²) in [5.74, 6) is 0.661. The van der Waals surface area contributed by atoms with Crippen LogP contribution >= 0.6 is 0 Å². The number of carbonyl (C=O) groups excluding carboxylic acids is 3. The van der Waals surface area contributed by atoms with E-state index in [9.17, 15) is 14.4 Å². The molecule has 2 aliphatic heterocycles. The fraction of sp³-hybridized carbons (Fsp3) is 0.423. The van der Waals surface area contributed by atoms with Crippen molar-refractivity contribution >= 4 is 17.7 Å². The fourth-order valence-electron chi connectivity index (χ4n) is 5.04. The number of ether oxygens (including phenoxy) is 2. The van der Waals surface area contributed by atoms with Crippen molar-refractivity contribution in [1.82, 2.24) is 9.80 Å². The number of hydrogen-bond donors (Lipinski definition) is 0. The molecule has 7 nitrogen and oxygen atoms in total. The number of carbonyl (C=O) groups is 3. The Bertz CT molecular complexity index is 1110. The minimum Gasteiger partial charge on any atom is -0.486 e. The Morgan fingerprint density at radius 2 is 1.76 bits per heavy atom. The molecule has 0 N–H and O–H groups in total. The largest absolute Gasteiger partial charge is 0.486 e. The zero-order valence-corrected chi connectivity index (χ0v) is 18.8. The summed E-state index contributed by atoms with van der Waals surface area (Å²) in [7, 11) is 0. The molecule has 3 amide bonds. The Balaban J connectivity index is 1.38. The summed E-state index contributed by atoms with van der Waals surface area (Å²) in [5.41, 5.74) is 2.01. The van der Waals surface area contributed by atoms with Crippen molar-refractivity contribution < 1.29 is 23.9 Å². The second-order valence-corrected chi connectivity index (χ2v) is 8.79. The van der Waals surface area contributed by atoms with Gasteiger partial charge in [0.15, 0.2) is 11.5 Å². The number of imide groups is 1. The Morgan fingerprint density at radius 1 is 1.00 bits per heavy atom. The van der Waals surface area contributed by atoms with Crippen LogP contribution in [0, 0.1) is 0 Å². The zero-order chi connectivity index (χ0) is 22.9. The van der Waals surface area contributed by atoms with E-state index >= 15 is 0 Å². The molecule has 3 aliphatic rings. The smallest absolute Gasteiger partial charge is 0.261 e. The van der Waals surface area contributed by atoms with Gasteiger partial charge >= 0.3 is 0 Å². The summed E-state index contributed by atoms with van der Waals surface area (Å²) in [4.78, 5) is 42.5. The van der Waals surface area contributed by atoms with Crippen LogP contribution in [0.5, 0.6) is 11.5 Å². The van der Waals surface area contributed by atoms with Gasteiger partial charge in [0, 0.05) is 30.3 Å². The van der Waals surface area contributed by atoms with E-state index in [1.165, 1.54) is 4.90 Å². The van der Waals surface area contributed by atoms with Crippen LogP contribution in [0.4, 0.5) is 0 Å². The summed E-state index contributed by atoms with van der Waals surface area (Å²) >= 11 is 0.